The number of rotatable bonds is 6. The number of esters is 1. The van der Waals surface area contributed by atoms with E-state index in [9.17, 15) is 9.59 Å². The normalized spacial score (nSPS) is 17.1. The highest BCUT2D eigenvalue weighted by molar-refractivity contribution is 5.82. The minimum atomic E-state index is -0.372. The molecule has 0 unspecified atom stereocenters. The van der Waals surface area contributed by atoms with Crippen LogP contribution >= 0.6 is 0 Å². The fourth-order valence-electron chi connectivity index (χ4n) is 1.92. The highest BCUT2D eigenvalue weighted by Crippen LogP contribution is 2.38. The van der Waals surface area contributed by atoms with Crippen molar-refractivity contribution in [3.63, 3.8) is 0 Å². The zero-order valence-electron chi connectivity index (χ0n) is 10.8. The summed E-state index contributed by atoms with van der Waals surface area (Å²) in [6.45, 7) is 2.09. The van der Waals surface area contributed by atoms with Crippen molar-refractivity contribution in [2.45, 2.75) is 38.2 Å². The molecule has 0 bridgehead atoms. The van der Waals surface area contributed by atoms with E-state index in [1.54, 1.807) is 21.1 Å². The van der Waals surface area contributed by atoms with Gasteiger partial charge in [-0.2, -0.15) is 0 Å². The predicted molar refractivity (Wildman–Crippen MR) is 62.5 cm³/mol. The first kappa shape index (κ1) is 14.0. The average molecular weight is 243 g/mol. The molecular weight excluding hydrogens is 222 g/mol. The standard InChI is InChI=1S/C12H21NO4/c1-4-17-11(15)9-13(2)10(14)8-12(16-3)6-5-7-12/h4-9H2,1-3H3. The molecule has 98 valence electrons. The number of methoxy groups -OCH3 is 1. The lowest BCUT2D eigenvalue weighted by Gasteiger charge is -2.40. The molecule has 0 aromatic heterocycles. The van der Waals surface area contributed by atoms with E-state index in [1.165, 1.54) is 4.90 Å². The summed E-state index contributed by atoms with van der Waals surface area (Å²) < 4.78 is 10.2. The third-order valence-corrected chi connectivity index (χ3v) is 3.27. The van der Waals surface area contributed by atoms with Crippen molar-refractivity contribution in [1.29, 1.82) is 0 Å². The SMILES string of the molecule is CCOC(=O)CN(C)C(=O)CC1(OC)CCC1. The first-order valence-corrected chi connectivity index (χ1v) is 5.98. The van der Waals surface area contributed by atoms with Crippen LogP contribution in [0.3, 0.4) is 0 Å². The van der Waals surface area contributed by atoms with Crippen LogP contribution < -0.4 is 0 Å². The summed E-state index contributed by atoms with van der Waals surface area (Å²) in [6, 6.07) is 0. The maximum atomic E-state index is 11.9. The molecule has 0 heterocycles. The van der Waals surface area contributed by atoms with Gasteiger partial charge in [-0.1, -0.05) is 0 Å². The molecular formula is C12H21NO4. The van der Waals surface area contributed by atoms with Gasteiger partial charge < -0.3 is 14.4 Å². The molecule has 0 saturated heterocycles. The van der Waals surface area contributed by atoms with Crippen molar-refractivity contribution in [1.82, 2.24) is 4.90 Å². The molecule has 0 aromatic carbocycles. The second-order valence-corrected chi connectivity index (χ2v) is 4.47. The monoisotopic (exact) mass is 243 g/mol. The lowest BCUT2D eigenvalue weighted by molar-refractivity contribution is -0.152. The number of carbonyl (C=O) groups is 2. The molecule has 17 heavy (non-hydrogen) atoms. The fraction of sp³-hybridized carbons (Fsp3) is 0.833. The molecule has 0 atom stereocenters. The van der Waals surface area contributed by atoms with Crippen LogP contribution in [0.25, 0.3) is 0 Å². The van der Waals surface area contributed by atoms with E-state index in [1.807, 2.05) is 0 Å². The van der Waals surface area contributed by atoms with Gasteiger partial charge in [-0.05, 0) is 26.2 Å². The van der Waals surface area contributed by atoms with Gasteiger partial charge in [0.1, 0.15) is 6.54 Å². The Labute approximate surface area is 102 Å². The molecule has 0 spiro atoms. The lowest BCUT2D eigenvalue weighted by atomic mass is 9.77. The Morgan fingerprint density at radius 1 is 1.35 bits per heavy atom. The van der Waals surface area contributed by atoms with E-state index in [-0.39, 0.29) is 24.0 Å². The van der Waals surface area contributed by atoms with Gasteiger partial charge in [0.2, 0.25) is 5.91 Å². The van der Waals surface area contributed by atoms with Gasteiger partial charge in [-0.3, -0.25) is 9.59 Å². The molecule has 0 aliphatic heterocycles. The number of likely N-dealkylation sites (N-methyl/N-ethyl adjacent to an activating group) is 1. The second-order valence-electron chi connectivity index (χ2n) is 4.47. The van der Waals surface area contributed by atoms with Crippen molar-refractivity contribution >= 4 is 11.9 Å². The maximum Gasteiger partial charge on any atom is 0.325 e. The summed E-state index contributed by atoms with van der Waals surface area (Å²) in [5, 5.41) is 0. The van der Waals surface area contributed by atoms with Crippen LogP contribution in [-0.4, -0.2) is 49.7 Å². The minimum absolute atomic E-state index is 0.00642. The highest BCUT2D eigenvalue weighted by Gasteiger charge is 2.39. The summed E-state index contributed by atoms with van der Waals surface area (Å²) in [5.74, 6) is -0.442. The van der Waals surface area contributed by atoms with E-state index < -0.39 is 0 Å². The Morgan fingerprint density at radius 3 is 2.41 bits per heavy atom. The average Bonchev–Trinajstić information content (AvgIpc) is 2.23. The zero-order chi connectivity index (χ0) is 12.9. The van der Waals surface area contributed by atoms with Crippen molar-refractivity contribution in [3.8, 4) is 0 Å². The van der Waals surface area contributed by atoms with E-state index >= 15 is 0 Å². The summed E-state index contributed by atoms with van der Waals surface area (Å²) >= 11 is 0. The molecule has 0 aromatic rings. The van der Waals surface area contributed by atoms with Crippen LogP contribution in [0.15, 0.2) is 0 Å². The minimum Gasteiger partial charge on any atom is -0.465 e. The van der Waals surface area contributed by atoms with E-state index in [0.29, 0.717) is 13.0 Å². The Bertz CT molecular complexity index is 281. The van der Waals surface area contributed by atoms with Gasteiger partial charge >= 0.3 is 5.97 Å². The van der Waals surface area contributed by atoms with Crippen LogP contribution in [0.2, 0.25) is 0 Å². The Kier molecular flexibility index (Phi) is 4.93. The first-order valence-electron chi connectivity index (χ1n) is 5.98. The van der Waals surface area contributed by atoms with Crippen LogP contribution in [0, 0.1) is 0 Å². The summed E-state index contributed by atoms with van der Waals surface area (Å²) in [5.41, 5.74) is -0.292. The Hall–Kier alpha value is -1.10. The van der Waals surface area contributed by atoms with Crippen LogP contribution in [-0.2, 0) is 19.1 Å². The van der Waals surface area contributed by atoms with Crippen molar-refractivity contribution in [2.24, 2.45) is 0 Å². The lowest BCUT2D eigenvalue weighted by Crippen LogP contribution is -2.45. The smallest absolute Gasteiger partial charge is 0.325 e. The van der Waals surface area contributed by atoms with Crippen molar-refractivity contribution in [2.75, 3.05) is 27.3 Å². The molecule has 1 aliphatic carbocycles. The topological polar surface area (TPSA) is 55.8 Å². The zero-order valence-corrected chi connectivity index (χ0v) is 10.8. The largest absolute Gasteiger partial charge is 0.465 e. The Morgan fingerprint density at radius 2 is 2.00 bits per heavy atom. The number of hydrogen-bond acceptors (Lipinski definition) is 4. The third-order valence-electron chi connectivity index (χ3n) is 3.27. The van der Waals surface area contributed by atoms with E-state index in [4.69, 9.17) is 9.47 Å². The number of carbonyl (C=O) groups excluding carboxylic acids is 2. The van der Waals surface area contributed by atoms with Gasteiger partial charge in [-0.25, -0.2) is 0 Å². The predicted octanol–water partition coefficient (Wildman–Crippen LogP) is 0.967. The van der Waals surface area contributed by atoms with Gasteiger partial charge in [0.15, 0.2) is 0 Å². The second kappa shape index (κ2) is 6.00. The first-order chi connectivity index (χ1) is 8.03. The molecule has 5 nitrogen and oxygen atoms in total. The number of amides is 1. The van der Waals surface area contributed by atoms with Crippen LogP contribution in [0.5, 0.6) is 0 Å². The molecule has 1 saturated carbocycles. The summed E-state index contributed by atoms with van der Waals surface area (Å²) in [4.78, 5) is 24.5. The summed E-state index contributed by atoms with van der Waals surface area (Å²) in [7, 11) is 3.25. The molecule has 1 fully saturated rings. The van der Waals surface area contributed by atoms with Gasteiger partial charge in [0.05, 0.1) is 18.6 Å². The van der Waals surface area contributed by atoms with Crippen molar-refractivity contribution < 1.29 is 19.1 Å². The third kappa shape index (κ3) is 3.70. The molecule has 1 rings (SSSR count). The molecule has 0 radical (unpaired) electrons. The number of hydrogen-bond donors (Lipinski definition) is 0. The van der Waals surface area contributed by atoms with Gasteiger partial charge in [0.25, 0.3) is 0 Å². The van der Waals surface area contributed by atoms with Crippen molar-refractivity contribution in [3.05, 3.63) is 0 Å². The molecule has 1 amide bonds. The molecule has 1 aliphatic rings. The fourth-order valence-corrected chi connectivity index (χ4v) is 1.92. The molecule has 5 heteroatoms. The Balaban J connectivity index is 2.38. The van der Waals surface area contributed by atoms with Crippen LogP contribution in [0.4, 0.5) is 0 Å². The molecule has 0 N–H and O–H groups in total. The summed E-state index contributed by atoms with van der Waals surface area (Å²) in [6.07, 6.45) is 3.28. The number of nitrogens with zero attached hydrogens (tertiary/aromatic N) is 1. The van der Waals surface area contributed by atoms with E-state index in [2.05, 4.69) is 0 Å². The maximum absolute atomic E-state index is 11.9. The van der Waals surface area contributed by atoms with Gasteiger partial charge in [0, 0.05) is 14.2 Å². The highest BCUT2D eigenvalue weighted by atomic mass is 16.5. The number of ether oxygens (including phenoxy) is 2. The van der Waals surface area contributed by atoms with E-state index in [0.717, 1.165) is 19.3 Å². The quantitative estimate of drug-likeness (QED) is 0.652. The van der Waals surface area contributed by atoms with Gasteiger partial charge in [-0.15, -0.1) is 0 Å². The van der Waals surface area contributed by atoms with Crippen LogP contribution in [0.1, 0.15) is 32.6 Å².